The third kappa shape index (κ3) is 2.47. The van der Waals surface area contributed by atoms with Crippen LogP contribution in [0.1, 0.15) is 17.3 Å². The van der Waals surface area contributed by atoms with Gasteiger partial charge < -0.3 is 9.40 Å². The molecule has 0 spiro atoms. The molecule has 5 nitrogen and oxygen atoms in total. The summed E-state index contributed by atoms with van der Waals surface area (Å²) in [6.07, 6.45) is 1.56. The summed E-state index contributed by atoms with van der Waals surface area (Å²) < 4.78 is 5.41. The number of rotatable bonds is 2. The standard InChI is InChI=1S/C16H11N3O2/c1-10-6-7-12(21-10)8-11(9-17)15-18-14-5-3-2-4-13(14)16(20)19-15/h2-8H,1H3,(H,18,19,20). The van der Waals surface area contributed by atoms with Crippen LogP contribution in [0.25, 0.3) is 22.6 Å². The largest absolute Gasteiger partial charge is 0.462 e. The van der Waals surface area contributed by atoms with Gasteiger partial charge in [-0.2, -0.15) is 5.26 Å². The Hall–Kier alpha value is -3.13. The zero-order valence-electron chi connectivity index (χ0n) is 11.3. The summed E-state index contributed by atoms with van der Waals surface area (Å²) in [6, 6.07) is 12.6. The molecule has 0 saturated carbocycles. The highest BCUT2D eigenvalue weighted by atomic mass is 16.3. The molecule has 1 N–H and O–H groups in total. The van der Waals surface area contributed by atoms with Gasteiger partial charge in [0.25, 0.3) is 5.56 Å². The van der Waals surface area contributed by atoms with E-state index in [0.29, 0.717) is 16.7 Å². The van der Waals surface area contributed by atoms with Crippen molar-refractivity contribution >= 4 is 22.6 Å². The van der Waals surface area contributed by atoms with E-state index in [1.807, 2.05) is 13.0 Å². The molecule has 2 heterocycles. The maximum absolute atomic E-state index is 12.0. The molecule has 0 radical (unpaired) electrons. The Bertz CT molecular complexity index is 942. The first-order chi connectivity index (χ1) is 10.2. The Balaban J connectivity index is 2.16. The van der Waals surface area contributed by atoms with Crippen molar-refractivity contribution in [2.75, 3.05) is 0 Å². The van der Waals surface area contributed by atoms with Gasteiger partial charge in [-0.25, -0.2) is 4.98 Å². The molecule has 0 aliphatic rings. The molecule has 5 heteroatoms. The summed E-state index contributed by atoms with van der Waals surface area (Å²) in [7, 11) is 0. The van der Waals surface area contributed by atoms with Crippen molar-refractivity contribution in [3.05, 3.63) is 64.1 Å². The Morgan fingerprint density at radius 2 is 2.14 bits per heavy atom. The maximum atomic E-state index is 12.0. The zero-order chi connectivity index (χ0) is 14.8. The number of para-hydroxylation sites is 1. The zero-order valence-corrected chi connectivity index (χ0v) is 11.3. The van der Waals surface area contributed by atoms with Crippen LogP contribution in [0.15, 0.2) is 45.6 Å². The van der Waals surface area contributed by atoms with Crippen LogP contribution in [0.2, 0.25) is 0 Å². The lowest BCUT2D eigenvalue weighted by Gasteiger charge is -2.01. The summed E-state index contributed by atoms with van der Waals surface area (Å²) >= 11 is 0. The first-order valence-corrected chi connectivity index (χ1v) is 6.35. The fourth-order valence-corrected chi connectivity index (χ4v) is 2.04. The highest BCUT2D eigenvalue weighted by Gasteiger charge is 2.08. The van der Waals surface area contributed by atoms with E-state index in [9.17, 15) is 10.1 Å². The minimum Gasteiger partial charge on any atom is -0.462 e. The van der Waals surface area contributed by atoms with Crippen molar-refractivity contribution in [2.45, 2.75) is 6.92 Å². The van der Waals surface area contributed by atoms with Crippen LogP contribution >= 0.6 is 0 Å². The quantitative estimate of drug-likeness (QED) is 0.730. The van der Waals surface area contributed by atoms with Crippen molar-refractivity contribution in [3.63, 3.8) is 0 Å². The summed E-state index contributed by atoms with van der Waals surface area (Å²) in [5.74, 6) is 1.52. The summed E-state index contributed by atoms with van der Waals surface area (Å²) in [5.41, 5.74) is 0.521. The van der Waals surface area contributed by atoms with Gasteiger partial charge in [-0.3, -0.25) is 4.79 Å². The highest BCUT2D eigenvalue weighted by molar-refractivity contribution is 5.88. The van der Waals surface area contributed by atoms with Crippen molar-refractivity contribution < 1.29 is 4.42 Å². The van der Waals surface area contributed by atoms with Crippen LogP contribution in [0.5, 0.6) is 0 Å². The van der Waals surface area contributed by atoms with Gasteiger partial charge in [0.15, 0.2) is 5.82 Å². The molecule has 0 saturated heterocycles. The molecule has 0 bridgehead atoms. The molecule has 21 heavy (non-hydrogen) atoms. The van der Waals surface area contributed by atoms with Gasteiger partial charge in [0.05, 0.1) is 16.5 Å². The number of hydrogen-bond acceptors (Lipinski definition) is 4. The number of furan rings is 1. The number of nitrogens with one attached hydrogen (secondary N) is 1. The molecule has 3 rings (SSSR count). The molecule has 0 aliphatic heterocycles. The molecule has 3 aromatic rings. The van der Waals surface area contributed by atoms with E-state index in [4.69, 9.17) is 4.42 Å². The van der Waals surface area contributed by atoms with E-state index < -0.39 is 0 Å². The molecule has 0 atom stereocenters. The molecule has 0 amide bonds. The number of hydrogen-bond donors (Lipinski definition) is 1. The van der Waals surface area contributed by atoms with Crippen LogP contribution < -0.4 is 5.56 Å². The number of H-pyrrole nitrogens is 1. The molecular weight excluding hydrogens is 266 g/mol. The third-order valence-corrected chi connectivity index (χ3v) is 3.04. The van der Waals surface area contributed by atoms with Crippen molar-refractivity contribution in [3.8, 4) is 6.07 Å². The van der Waals surface area contributed by atoms with E-state index in [0.717, 1.165) is 5.76 Å². The van der Waals surface area contributed by atoms with Crippen LogP contribution in [0, 0.1) is 18.3 Å². The average molecular weight is 277 g/mol. The molecule has 0 aliphatic carbocycles. The van der Waals surface area contributed by atoms with Crippen LogP contribution in [-0.4, -0.2) is 9.97 Å². The average Bonchev–Trinajstić information content (AvgIpc) is 2.90. The molecule has 0 unspecified atom stereocenters. The Labute approximate surface area is 120 Å². The summed E-state index contributed by atoms with van der Waals surface area (Å²) in [4.78, 5) is 19.0. The van der Waals surface area contributed by atoms with E-state index in [1.165, 1.54) is 0 Å². The van der Waals surface area contributed by atoms with Crippen molar-refractivity contribution in [1.82, 2.24) is 9.97 Å². The first kappa shape index (κ1) is 12.9. The van der Waals surface area contributed by atoms with Gasteiger partial charge in [0, 0.05) is 6.08 Å². The Morgan fingerprint density at radius 1 is 1.33 bits per heavy atom. The number of benzene rings is 1. The second kappa shape index (κ2) is 5.10. The normalized spacial score (nSPS) is 11.5. The topological polar surface area (TPSA) is 82.7 Å². The number of aromatic amines is 1. The third-order valence-electron chi connectivity index (χ3n) is 3.04. The smallest absolute Gasteiger partial charge is 0.259 e. The number of fused-ring (bicyclic) bond motifs is 1. The first-order valence-electron chi connectivity index (χ1n) is 6.35. The number of allylic oxidation sites excluding steroid dienone is 1. The number of nitriles is 1. The lowest BCUT2D eigenvalue weighted by Crippen LogP contribution is -2.11. The van der Waals surface area contributed by atoms with Gasteiger partial charge in [-0.15, -0.1) is 0 Å². The van der Waals surface area contributed by atoms with Gasteiger partial charge in [0.1, 0.15) is 17.6 Å². The molecule has 1 aromatic carbocycles. The highest BCUT2D eigenvalue weighted by Crippen LogP contribution is 2.17. The molecule has 0 fully saturated rings. The number of aryl methyl sites for hydroxylation is 1. The predicted molar refractivity (Wildman–Crippen MR) is 79.3 cm³/mol. The minimum absolute atomic E-state index is 0.232. The minimum atomic E-state index is -0.271. The molecular formula is C16H11N3O2. The Kier molecular flexibility index (Phi) is 3.13. The lowest BCUT2D eigenvalue weighted by molar-refractivity contribution is 0.525. The molecule has 102 valence electrons. The van der Waals surface area contributed by atoms with Crippen molar-refractivity contribution in [1.29, 1.82) is 5.26 Å². The van der Waals surface area contributed by atoms with Gasteiger partial charge >= 0.3 is 0 Å². The van der Waals surface area contributed by atoms with Gasteiger partial charge in [-0.1, -0.05) is 12.1 Å². The maximum Gasteiger partial charge on any atom is 0.259 e. The van der Waals surface area contributed by atoms with E-state index >= 15 is 0 Å². The summed E-state index contributed by atoms with van der Waals surface area (Å²) in [5, 5.41) is 9.78. The molecule has 2 aromatic heterocycles. The van der Waals surface area contributed by atoms with Crippen LogP contribution in [-0.2, 0) is 0 Å². The van der Waals surface area contributed by atoms with E-state index in [-0.39, 0.29) is 17.0 Å². The van der Waals surface area contributed by atoms with Crippen molar-refractivity contribution in [2.24, 2.45) is 0 Å². The fourth-order valence-electron chi connectivity index (χ4n) is 2.04. The van der Waals surface area contributed by atoms with E-state index in [1.54, 1.807) is 42.5 Å². The summed E-state index contributed by atoms with van der Waals surface area (Å²) in [6.45, 7) is 1.82. The SMILES string of the molecule is Cc1ccc(C=C(C#N)c2nc3ccccc3c(=O)[nH]2)o1. The monoisotopic (exact) mass is 277 g/mol. The lowest BCUT2D eigenvalue weighted by atomic mass is 10.2. The van der Waals surface area contributed by atoms with Gasteiger partial charge in [0.2, 0.25) is 0 Å². The number of aromatic nitrogens is 2. The Morgan fingerprint density at radius 3 is 2.86 bits per heavy atom. The number of nitrogens with zero attached hydrogens (tertiary/aromatic N) is 2. The van der Waals surface area contributed by atoms with Crippen LogP contribution in [0.4, 0.5) is 0 Å². The fraction of sp³-hybridized carbons (Fsp3) is 0.0625. The second-order valence-electron chi connectivity index (χ2n) is 4.55. The van der Waals surface area contributed by atoms with Gasteiger partial charge in [-0.05, 0) is 31.2 Å². The van der Waals surface area contributed by atoms with Crippen LogP contribution in [0.3, 0.4) is 0 Å². The van der Waals surface area contributed by atoms with E-state index in [2.05, 4.69) is 9.97 Å². The second-order valence-corrected chi connectivity index (χ2v) is 4.55. The predicted octanol–water partition coefficient (Wildman–Crippen LogP) is 2.89.